The molecule has 1 amide bonds. The maximum absolute atomic E-state index is 12.1. The van der Waals surface area contributed by atoms with Crippen LogP contribution < -0.4 is 10.1 Å². The van der Waals surface area contributed by atoms with Crippen molar-refractivity contribution in [3.63, 3.8) is 0 Å². The molecule has 1 N–H and O–H groups in total. The molecule has 0 aliphatic rings. The van der Waals surface area contributed by atoms with E-state index in [-0.39, 0.29) is 11.9 Å². The summed E-state index contributed by atoms with van der Waals surface area (Å²) in [4.78, 5) is 12.1. The molecular formula is C17H15N3O3. The van der Waals surface area contributed by atoms with Crippen LogP contribution in [-0.2, 0) is 0 Å². The van der Waals surface area contributed by atoms with Gasteiger partial charge in [0.2, 0.25) is 5.89 Å². The van der Waals surface area contributed by atoms with Crippen LogP contribution in [0, 0.1) is 6.92 Å². The summed E-state index contributed by atoms with van der Waals surface area (Å²) in [7, 11) is 1.58. The number of aryl methyl sites for hydroxylation is 1. The van der Waals surface area contributed by atoms with Gasteiger partial charge in [0.25, 0.3) is 5.91 Å². The Morgan fingerprint density at radius 1 is 1.13 bits per heavy atom. The van der Waals surface area contributed by atoms with Crippen molar-refractivity contribution < 1.29 is 13.9 Å². The molecule has 0 saturated carbocycles. The van der Waals surface area contributed by atoms with Crippen molar-refractivity contribution in [2.45, 2.75) is 6.92 Å². The summed E-state index contributed by atoms with van der Waals surface area (Å²) in [6.45, 7) is 1.96. The molecule has 0 unspecified atom stereocenters. The largest absolute Gasteiger partial charge is 0.497 e. The number of rotatable bonds is 4. The molecule has 0 radical (unpaired) electrons. The highest BCUT2D eigenvalue weighted by molar-refractivity contribution is 6.03. The quantitative estimate of drug-likeness (QED) is 0.800. The van der Waals surface area contributed by atoms with E-state index in [2.05, 4.69) is 15.5 Å². The van der Waals surface area contributed by atoms with E-state index in [1.807, 2.05) is 37.3 Å². The van der Waals surface area contributed by atoms with Crippen LogP contribution in [0.4, 0.5) is 6.01 Å². The molecule has 6 heteroatoms. The summed E-state index contributed by atoms with van der Waals surface area (Å²) in [5.41, 5.74) is 2.32. The maximum atomic E-state index is 12.1. The zero-order valence-corrected chi connectivity index (χ0v) is 12.7. The Hall–Kier alpha value is -3.15. The van der Waals surface area contributed by atoms with Crippen molar-refractivity contribution in [1.82, 2.24) is 10.2 Å². The van der Waals surface area contributed by atoms with Crippen molar-refractivity contribution in [3.05, 3.63) is 59.7 Å². The molecule has 0 spiro atoms. The minimum atomic E-state index is -0.300. The number of hydrogen-bond donors (Lipinski definition) is 1. The first-order chi connectivity index (χ1) is 11.2. The Bertz CT molecular complexity index is 825. The molecule has 0 atom stereocenters. The van der Waals surface area contributed by atoms with Crippen molar-refractivity contribution in [2.75, 3.05) is 12.4 Å². The number of ether oxygens (including phenoxy) is 1. The van der Waals surface area contributed by atoms with Crippen LogP contribution in [-0.4, -0.2) is 23.2 Å². The number of amides is 1. The van der Waals surface area contributed by atoms with Crippen LogP contribution in [0.3, 0.4) is 0 Å². The summed E-state index contributed by atoms with van der Waals surface area (Å²) < 4.78 is 10.6. The molecule has 0 aliphatic heterocycles. The third-order valence-electron chi connectivity index (χ3n) is 3.28. The van der Waals surface area contributed by atoms with Crippen molar-refractivity contribution >= 4 is 11.9 Å². The molecule has 0 saturated heterocycles. The third kappa shape index (κ3) is 3.37. The topological polar surface area (TPSA) is 77.3 Å². The van der Waals surface area contributed by atoms with Gasteiger partial charge < -0.3 is 9.15 Å². The van der Waals surface area contributed by atoms with Crippen molar-refractivity contribution in [2.24, 2.45) is 0 Å². The lowest BCUT2D eigenvalue weighted by Crippen LogP contribution is -2.11. The number of nitrogens with zero attached hydrogens (tertiary/aromatic N) is 2. The monoisotopic (exact) mass is 309 g/mol. The molecule has 23 heavy (non-hydrogen) atoms. The predicted molar refractivity (Wildman–Crippen MR) is 85.4 cm³/mol. The second kappa shape index (κ2) is 6.31. The number of methoxy groups -OCH3 is 1. The van der Waals surface area contributed by atoms with Gasteiger partial charge in [-0.3, -0.25) is 10.1 Å². The lowest BCUT2D eigenvalue weighted by molar-refractivity contribution is 0.102. The Morgan fingerprint density at radius 3 is 2.65 bits per heavy atom. The number of carbonyl (C=O) groups is 1. The molecule has 3 aromatic rings. The second-order valence-electron chi connectivity index (χ2n) is 4.96. The van der Waals surface area contributed by atoms with Crippen LogP contribution in [0.25, 0.3) is 11.5 Å². The Kier molecular flexibility index (Phi) is 4.05. The Labute approximate surface area is 133 Å². The lowest BCUT2D eigenvalue weighted by Gasteiger charge is -2.01. The molecule has 0 aliphatic carbocycles. The van der Waals surface area contributed by atoms with Crippen LogP contribution in [0.5, 0.6) is 5.75 Å². The minimum absolute atomic E-state index is 0.0494. The molecular weight excluding hydrogens is 294 g/mol. The molecule has 1 heterocycles. The van der Waals surface area contributed by atoms with E-state index >= 15 is 0 Å². The number of carbonyl (C=O) groups excluding carboxylic acids is 1. The van der Waals surface area contributed by atoms with Crippen LogP contribution in [0.2, 0.25) is 0 Å². The number of anilines is 1. The van der Waals surface area contributed by atoms with Gasteiger partial charge in [-0.05, 0) is 37.3 Å². The molecule has 0 bridgehead atoms. The average molecular weight is 309 g/mol. The van der Waals surface area contributed by atoms with E-state index in [1.165, 1.54) is 0 Å². The Balaban J connectivity index is 1.76. The first kappa shape index (κ1) is 14.8. The van der Waals surface area contributed by atoms with Crippen molar-refractivity contribution in [1.29, 1.82) is 0 Å². The summed E-state index contributed by atoms with van der Waals surface area (Å²) in [5, 5.41) is 10.4. The number of benzene rings is 2. The molecule has 3 rings (SSSR count). The summed E-state index contributed by atoms with van der Waals surface area (Å²) in [5.74, 6) is 0.694. The average Bonchev–Trinajstić information content (AvgIpc) is 3.04. The highest BCUT2D eigenvalue weighted by Gasteiger charge is 2.13. The van der Waals surface area contributed by atoms with Crippen LogP contribution >= 0.6 is 0 Å². The number of nitrogens with one attached hydrogen (secondary N) is 1. The second-order valence-corrected chi connectivity index (χ2v) is 4.96. The maximum Gasteiger partial charge on any atom is 0.322 e. The van der Waals surface area contributed by atoms with Gasteiger partial charge in [-0.2, -0.15) is 0 Å². The van der Waals surface area contributed by atoms with Gasteiger partial charge in [0.05, 0.1) is 7.11 Å². The summed E-state index contributed by atoms with van der Waals surface area (Å²) >= 11 is 0. The van der Waals surface area contributed by atoms with Gasteiger partial charge in [-0.1, -0.05) is 28.9 Å². The smallest absolute Gasteiger partial charge is 0.322 e. The van der Waals surface area contributed by atoms with E-state index in [9.17, 15) is 4.79 Å². The first-order valence-electron chi connectivity index (χ1n) is 7.01. The fourth-order valence-electron chi connectivity index (χ4n) is 2.02. The fraction of sp³-hybridized carbons (Fsp3) is 0.118. The summed E-state index contributed by atoms with van der Waals surface area (Å²) in [6, 6.07) is 14.5. The van der Waals surface area contributed by atoms with Gasteiger partial charge in [0.15, 0.2) is 0 Å². The standard InChI is InChI=1S/C17H15N3O3/c1-11-6-8-12(9-7-11)15(21)18-17-20-19-16(23-17)13-4-3-5-14(10-13)22-2/h3-10H,1-2H3,(H,18,20,21). The van der Waals surface area contributed by atoms with Crippen molar-refractivity contribution in [3.8, 4) is 17.2 Å². The predicted octanol–water partition coefficient (Wildman–Crippen LogP) is 3.31. The molecule has 1 aromatic heterocycles. The normalized spacial score (nSPS) is 10.3. The van der Waals surface area contributed by atoms with E-state index in [0.29, 0.717) is 22.8 Å². The van der Waals surface area contributed by atoms with E-state index in [4.69, 9.17) is 9.15 Å². The fourth-order valence-corrected chi connectivity index (χ4v) is 2.02. The van der Waals surface area contributed by atoms with Gasteiger partial charge in [-0.25, -0.2) is 0 Å². The van der Waals surface area contributed by atoms with Crippen LogP contribution in [0.15, 0.2) is 52.9 Å². The van der Waals surface area contributed by atoms with Gasteiger partial charge in [0.1, 0.15) is 5.75 Å². The van der Waals surface area contributed by atoms with Gasteiger partial charge in [-0.15, -0.1) is 5.10 Å². The highest BCUT2D eigenvalue weighted by Crippen LogP contribution is 2.24. The third-order valence-corrected chi connectivity index (χ3v) is 3.28. The van der Waals surface area contributed by atoms with Gasteiger partial charge >= 0.3 is 6.01 Å². The molecule has 0 fully saturated rings. The molecule has 6 nitrogen and oxygen atoms in total. The van der Waals surface area contributed by atoms with E-state index < -0.39 is 0 Å². The zero-order chi connectivity index (χ0) is 16.2. The van der Waals surface area contributed by atoms with Gasteiger partial charge in [0, 0.05) is 11.1 Å². The number of hydrogen-bond acceptors (Lipinski definition) is 5. The zero-order valence-electron chi connectivity index (χ0n) is 12.7. The highest BCUT2D eigenvalue weighted by atomic mass is 16.5. The molecule has 2 aromatic carbocycles. The first-order valence-corrected chi connectivity index (χ1v) is 7.01. The minimum Gasteiger partial charge on any atom is -0.497 e. The Morgan fingerprint density at radius 2 is 1.91 bits per heavy atom. The molecule has 116 valence electrons. The van der Waals surface area contributed by atoms with Crippen LogP contribution in [0.1, 0.15) is 15.9 Å². The number of aromatic nitrogens is 2. The van der Waals surface area contributed by atoms with E-state index in [0.717, 1.165) is 5.56 Å². The summed E-state index contributed by atoms with van der Waals surface area (Å²) in [6.07, 6.45) is 0. The lowest BCUT2D eigenvalue weighted by atomic mass is 10.1. The van der Waals surface area contributed by atoms with E-state index in [1.54, 1.807) is 25.3 Å². The SMILES string of the molecule is COc1cccc(-c2nnc(NC(=O)c3ccc(C)cc3)o2)c1.